The number of aromatic nitrogens is 2. The Bertz CT molecular complexity index is 1040. The molecule has 1 aromatic heterocycles. The van der Waals surface area contributed by atoms with Gasteiger partial charge in [-0.3, -0.25) is 14.2 Å². The minimum atomic E-state index is -0.0760. The van der Waals surface area contributed by atoms with Gasteiger partial charge in [0.25, 0.3) is 5.56 Å². The number of thioether (sulfide) groups is 1. The van der Waals surface area contributed by atoms with E-state index in [-0.39, 0.29) is 17.2 Å². The van der Waals surface area contributed by atoms with Gasteiger partial charge in [0.05, 0.1) is 16.7 Å². The molecular formula is C24H29N3O3S. The third-order valence-electron chi connectivity index (χ3n) is 4.84. The summed E-state index contributed by atoms with van der Waals surface area (Å²) in [6.45, 7) is 4.32. The molecule has 6 nitrogen and oxygen atoms in total. The van der Waals surface area contributed by atoms with Crippen LogP contribution in [-0.2, 0) is 22.5 Å². The number of rotatable bonds is 12. The van der Waals surface area contributed by atoms with Crippen LogP contribution < -0.4 is 10.9 Å². The van der Waals surface area contributed by atoms with Crippen molar-refractivity contribution in [3.8, 4) is 0 Å². The lowest BCUT2D eigenvalue weighted by atomic mass is 10.1. The summed E-state index contributed by atoms with van der Waals surface area (Å²) < 4.78 is 7.06. The molecule has 0 aliphatic heterocycles. The van der Waals surface area contributed by atoms with Gasteiger partial charge >= 0.3 is 0 Å². The van der Waals surface area contributed by atoms with Gasteiger partial charge in [0, 0.05) is 26.3 Å². The number of amides is 1. The number of benzene rings is 2. The second-order valence-electron chi connectivity index (χ2n) is 7.15. The Balaban J connectivity index is 1.58. The Morgan fingerprint density at radius 2 is 1.87 bits per heavy atom. The van der Waals surface area contributed by atoms with Crippen molar-refractivity contribution >= 4 is 28.6 Å². The Hall–Kier alpha value is -2.64. The molecule has 3 rings (SSSR count). The topological polar surface area (TPSA) is 73.2 Å². The molecular weight excluding hydrogens is 410 g/mol. The number of nitrogens with one attached hydrogen (secondary N) is 1. The minimum Gasteiger partial charge on any atom is -0.382 e. The lowest BCUT2D eigenvalue weighted by Crippen LogP contribution is -2.28. The molecule has 0 aliphatic rings. The average molecular weight is 440 g/mol. The van der Waals surface area contributed by atoms with E-state index in [0.29, 0.717) is 48.8 Å². The van der Waals surface area contributed by atoms with E-state index >= 15 is 0 Å². The van der Waals surface area contributed by atoms with Crippen molar-refractivity contribution in [1.82, 2.24) is 14.9 Å². The summed E-state index contributed by atoms with van der Waals surface area (Å²) in [5.74, 6) is 0.169. The molecule has 0 unspecified atom stereocenters. The summed E-state index contributed by atoms with van der Waals surface area (Å²) in [5.41, 5.74) is 1.84. The lowest BCUT2D eigenvalue weighted by Gasteiger charge is -2.13. The van der Waals surface area contributed by atoms with Crippen LogP contribution in [0.2, 0.25) is 0 Å². The summed E-state index contributed by atoms with van der Waals surface area (Å²) in [5, 5.41) is 4.12. The fourth-order valence-electron chi connectivity index (χ4n) is 3.27. The molecule has 3 aromatic rings. The Kier molecular flexibility index (Phi) is 9.12. The van der Waals surface area contributed by atoms with Gasteiger partial charge in [-0.2, -0.15) is 0 Å². The summed E-state index contributed by atoms with van der Waals surface area (Å²) >= 11 is 1.30. The van der Waals surface area contributed by atoms with Gasteiger partial charge in [-0.1, -0.05) is 54.2 Å². The summed E-state index contributed by atoms with van der Waals surface area (Å²) in [7, 11) is 0. The zero-order chi connectivity index (χ0) is 21.9. The van der Waals surface area contributed by atoms with Crippen molar-refractivity contribution < 1.29 is 9.53 Å². The van der Waals surface area contributed by atoms with Crippen LogP contribution in [0.3, 0.4) is 0 Å². The maximum absolute atomic E-state index is 13.0. The van der Waals surface area contributed by atoms with E-state index in [0.717, 1.165) is 12.8 Å². The summed E-state index contributed by atoms with van der Waals surface area (Å²) in [6, 6.07) is 17.5. The molecule has 164 valence electrons. The zero-order valence-electron chi connectivity index (χ0n) is 17.9. The third kappa shape index (κ3) is 6.94. The van der Waals surface area contributed by atoms with Crippen LogP contribution in [0.15, 0.2) is 64.5 Å². The van der Waals surface area contributed by atoms with Crippen LogP contribution in [-0.4, -0.2) is 41.0 Å². The number of ether oxygens (including phenoxy) is 1. The minimum absolute atomic E-state index is 0.0543. The lowest BCUT2D eigenvalue weighted by molar-refractivity contribution is -0.118. The Morgan fingerprint density at radius 3 is 2.68 bits per heavy atom. The van der Waals surface area contributed by atoms with Gasteiger partial charge < -0.3 is 10.1 Å². The molecule has 0 aliphatic carbocycles. The molecule has 0 bridgehead atoms. The normalized spacial score (nSPS) is 11.0. The second-order valence-corrected chi connectivity index (χ2v) is 8.09. The molecule has 7 heteroatoms. The number of nitrogens with zero attached hydrogens (tertiary/aromatic N) is 2. The molecule has 0 fully saturated rings. The van der Waals surface area contributed by atoms with E-state index in [1.165, 1.54) is 17.3 Å². The van der Waals surface area contributed by atoms with E-state index in [4.69, 9.17) is 4.74 Å². The first-order valence-electron chi connectivity index (χ1n) is 10.7. The summed E-state index contributed by atoms with van der Waals surface area (Å²) in [4.78, 5) is 29.9. The fourth-order valence-corrected chi connectivity index (χ4v) is 4.13. The quantitative estimate of drug-likeness (QED) is 0.265. The van der Waals surface area contributed by atoms with Crippen LogP contribution in [0.25, 0.3) is 10.9 Å². The highest BCUT2D eigenvalue weighted by atomic mass is 32.2. The van der Waals surface area contributed by atoms with Crippen LogP contribution in [0.5, 0.6) is 0 Å². The first-order valence-corrected chi connectivity index (χ1v) is 11.7. The van der Waals surface area contributed by atoms with E-state index < -0.39 is 0 Å². The average Bonchev–Trinajstić information content (AvgIpc) is 2.80. The number of hydrogen-bond donors (Lipinski definition) is 1. The number of carbonyl (C=O) groups is 1. The Labute approximate surface area is 187 Å². The van der Waals surface area contributed by atoms with Gasteiger partial charge in [-0.25, -0.2) is 4.98 Å². The molecule has 0 atom stereocenters. The number of carbonyl (C=O) groups excluding carboxylic acids is 1. The molecule has 0 saturated heterocycles. The first-order chi connectivity index (χ1) is 15.2. The number of para-hydroxylation sites is 1. The maximum Gasteiger partial charge on any atom is 0.262 e. The van der Waals surface area contributed by atoms with Crippen LogP contribution in [0.4, 0.5) is 0 Å². The van der Waals surface area contributed by atoms with Gasteiger partial charge in [-0.05, 0) is 43.9 Å². The molecule has 1 heterocycles. The van der Waals surface area contributed by atoms with Crippen molar-refractivity contribution in [1.29, 1.82) is 0 Å². The molecule has 2 aromatic carbocycles. The van der Waals surface area contributed by atoms with E-state index in [2.05, 4.69) is 22.4 Å². The molecule has 0 saturated carbocycles. The highest BCUT2D eigenvalue weighted by Gasteiger charge is 2.13. The molecule has 1 N–H and O–H groups in total. The monoisotopic (exact) mass is 439 g/mol. The highest BCUT2D eigenvalue weighted by molar-refractivity contribution is 7.99. The standard InChI is InChI=1S/C24H29N3O3S/c1-2-30-17-9-16-27-23(29)20-13-6-7-14-21(20)26-24(27)31-18-22(28)25-15-8-12-19-10-4-3-5-11-19/h3-7,10-11,13-14H,2,8-9,12,15-18H2,1H3,(H,25,28). The number of hydrogen-bond acceptors (Lipinski definition) is 5. The van der Waals surface area contributed by atoms with E-state index in [9.17, 15) is 9.59 Å². The van der Waals surface area contributed by atoms with Crippen LogP contribution in [0, 0.1) is 0 Å². The summed E-state index contributed by atoms with van der Waals surface area (Å²) in [6.07, 6.45) is 2.53. The molecule has 0 spiro atoms. The number of fused-ring (bicyclic) bond motifs is 1. The first kappa shape index (κ1) is 23.0. The molecule has 1 amide bonds. The van der Waals surface area contributed by atoms with Crippen molar-refractivity contribution in [3.05, 3.63) is 70.5 Å². The maximum atomic E-state index is 13.0. The molecule has 31 heavy (non-hydrogen) atoms. The largest absolute Gasteiger partial charge is 0.382 e. The van der Waals surface area contributed by atoms with Gasteiger partial charge in [0.15, 0.2) is 5.16 Å². The van der Waals surface area contributed by atoms with Gasteiger partial charge in [0.1, 0.15) is 0 Å². The van der Waals surface area contributed by atoms with Crippen LogP contribution in [0.1, 0.15) is 25.3 Å². The van der Waals surface area contributed by atoms with Crippen molar-refractivity contribution in [2.24, 2.45) is 0 Å². The highest BCUT2D eigenvalue weighted by Crippen LogP contribution is 2.18. The van der Waals surface area contributed by atoms with E-state index in [1.54, 1.807) is 10.6 Å². The molecule has 0 radical (unpaired) electrons. The van der Waals surface area contributed by atoms with Crippen molar-refractivity contribution in [2.45, 2.75) is 37.9 Å². The smallest absolute Gasteiger partial charge is 0.262 e. The van der Waals surface area contributed by atoms with E-state index in [1.807, 2.05) is 43.3 Å². The van der Waals surface area contributed by atoms with Crippen molar-refractivity contribution in [2.75, 3.05) is 25.5 Å². The predicted molar refractivity (Wildman–Crippen MR) is 126 cm³/mol. The predicted octanol–water partition coefficient (Wildman–Crippen LogP) is 3.66. The van der Waals surface area contributed by atoms with Gasteiger partial charge in [0.2, 0.25) is 5.91 Å². The third-order valence-corrected chi connectivity index (χ3v) is 5.82. The zero-order valence-corrected chi connectivity index (χ0v) is 18.7. The fraction of sp³-hybridized carbons (Fsp3) is 0.375. The number of aryl methyl sites for hydroxylation is 1. The Morgan fingerprint density at radius 1 is 1.10 bits per heavy atom. The van der Waals surface area contributed by atoms with Gasteiger partial charge in [-0.15, -0.1) is 0 Å². The second kappa shape index (κ2) is 12.3. The SMILES string of the molecule is CCOCCCn1c(SCC(=O)NCCCc2ccccc2)nc2ccccc2c1=O. The van der Waals surface area contributed by atoms with Crippen LogP contribution >= 0.6 is 11.8 Å². The van der Waals surface area contributed by atoms with Crippen molar-refractivity contribution in [3.63, 3.8) is 0 Å².